The van der Waals surface area contributed by atoms with Gasteiger partial charge in [0.25, 0.3) is 0 Å². The largest absolute Gasteiger partial charge is 0.392 e. The molecular formula is C22H32N2O2. The molecule has 4 nitrogen and oxygen atoms in total. The Balaban J connectivity index is 1.49. The number of unbranched alkanes of at least 4 members (excludes halogenated alkanes) is 4. The van der Waals surface area contributed by atoms with Crippen LogP contribution in [0.1, 0.15) is 89.2 Å². The highest BCUT2D eigenvalue weighted by atomic mass is 16.6. The highest BCUT2D eigenvalue weighted by molar-refractivity contribution is 6.04. The van der Waals surface area contributed by atoms with Gasteiger partial charge in [0.05, 0.1) is 11.4 Å². The summed E-state index contributed by atoms with van der Waals surface area (Å²) in [5, 5.41) is 8.62. The second-order valence-corrected chi connectivity index (χ2v) is 7.51. The van der Waals surface area contributed by atoms with E-state index in [2.05, 4.69) is 48.4 Å². The normalized spacial score (nSPS) is 21.9. The van der Waals surface area contributed by atoms with Crippen LogP contribution in [0.2, 0.25) is 0 Å². The fourth-order valence-electron chi connectivity index (χ4n) is 3.61. The summed E-state index contributed by atoms with van der Waals surface area (Å²) in [5.41, 5.74) is 4.46. The molecule has 1 aromatic rings. The topological polar surface area (TPSA) is 43.2 Å². The molecule has 0 saturated heterocycles. The Morgan fingerprint density at radius 3 is 1.54 bits per heavy atom. The first kappa shape index (κ1) is 18.9. The molecule has 2 atom stereocenters. The molecule has 2 unspecified atom stereocenters. The highest BCUT2D eigenvalue weighted by Crippen LogP contribution is 2.24. The van der Waals surface area contributed by atoms with Gasteiger partial charge in [-0.05, 0) is 36.8 Å². The van der Waals surface area contributed by atoms with Crippen LogP contribution in [0.15, 0.2) is 34.6 Å². The van der Waals surface area contributed by atoms with Crippen LogP contribution in [0.3, 0.4) is 0 Å². The summed E-state index contributed by atoms with van der Waals surface area (Å²) in [6.45, 7) is 4.46. The second-order valence-electron chi connectivity index (χ2n) is 7.51. The lowest BCUT2D eigenvalue weighted by atomic mass is 9.98. The third kappa shape index (κ3) is 5.09. The minimum absolute atomic E-state index is 0.257. The van der Waals surface area contributed by atoms with E-state index in [0.29, 0.717) is 0 Å². The first-order chi connectivity index (χ1) is 12.8. The number of hydrogen-bond acceptors (Lipinski definition) is 4. The second kappa shape index (κ2) is 9.75. The average molecular weight is 357 g/mol. The lowest BCUT2D eigenvalue weighted by Crippen LogP contribution is -2.09. The van der Waals surface area contributed by atoms with Crippen LogP contribution in [0.25, 0.3) is 0 Å². The zero-order valence-electron chi connectivity index (χ0n) is 16.2. The average Bonchev–Trinajstić information content (AvgIpc) is 3.32. The van der Waals surface area contributed by atoms with Crippen molar-refractivity contribution >= 4 is 11.4 Å². The fourth-order valence-corrected chi connectivity index (χ4v) is 3.61. The van der Waals surface area contributed by atoms with Gasteiger partial charge >= 0.3 is 0 Å². The van der Waals surface area contributed by atoms with Crippen LogP contribution < -0.4 is 0 Å². The van der Waals surface area contributed by atoms with Crippen LogP contribution in [0, 0.1) is 0 Å². The van der Waals surface area contributed by atoms with E-state index in [0.717, 1.165) is 48.2 Å². The van der Waals surface area contributed by atoms with E-state index in [1.165, 1.54) is 38.5 Å². The quantitative estimate of drug-likeness (QED) is 0.495. The molecule has 1 aromatic carbocycles. The monoisotopic (exact) mass is 356 g/mol. The van der Waals surface area contributed by atoms with E-state index in [9.17, 15) is 0 Å². The van der Waals surface area contributed by atoms with Crippen LogP contribution >= 0.6 is 0 Å². The predicted octanol–water partition coefficient (Wildman–Crippen LogP) is 5.83. The summed E-state index contributed by atoms with van der Waals surface area (Å²) in [6.07, 6.45) is 12.0. The molecule has 0 aliphatic carbocycles. The van der Waals surface area contributed by atoms with E-state index in [1.807, 2.05) is 0 Å². The molecule has 2 heterocycles. The summed E-state index contributed by atoms with van der Waals surface area (Å²) < 4.78 is 0. The summed E-state index contributed by atoms with van der Waals surface area (Å²) in [7, 11) is 0. The standard InChI is InChI=1S/C22H32N2O2/c1-3-5-7-9-19-15-21(23-25-19)17-11-13-18(14-12-17)22-16-20(26-24-22)10-8-6-4-2/h11-14,19-20H,3-10,15-16H2,1-2H3. The zero-order chi connectivity index (χ0) is 18.2. The molecule has 0 amide bonds. The molecular weight excluding hydrogens is 324 g/mol. The van der Waals surface area contributed by atoms with E-state index in [4.69, 9.17) is 9.68 Å². The molecule has 0 aromatic heterocycles. The summed E-state index contributed by atoms with van der Waals surface area (Å²) >= 11 is 0. The van der Waals surface area contributed by atoms with Gasteiger partial charge in [-0.2, -0.15) is 0 Å². The molecule has 0 bridgehead atoms. The van der Waals surface area contributed by atoms with Crippen molar-refractivity contribution in [2.24, 2.45) is 10.3 Å². The first-order valence-electron chi connectivity index (χ1n) is 10.4. The number of rotatable bonds is 10. The van der Waals surface area contributed by atoms with Gasteiger partial charge < -0.3 is 9.68 Å². The number of benzene rings is 1. The molecule has 0 radical (unpaired) electrons. The van der Waals surface area contributed by atoms with Crippen molar-refractivity contribution in [2.45, 2.75) is 90.3 Å². The Labute approximate surface area is 157 Å². The van der Waals surface area contributed by atoms with Gasteiger partial charge in [-0.1, -0.05) is 74.1 Å². The van der Waals surface area contributed by atoms with Gasteiger partial charge in [-0.25, -0.2) is 0 Å². The SMILES string of the molecule is CCCCCC1CC(c2ccc(C3=NOC(CCCCC)C3)cc2)=NO1. The van der Waals surface area contributed by atoms with Gasteiger partial charge in [-0.3, -0.25) is 0 Å². The maximum atomic E-state index is 5.60. The maximum Gasteiger partial charge on any atom is 0.133 e. The Hall–Kier alpha value is -1.84. The number of hydrogen-bond donors (Lipinski definition) is 0. The van der Waals surface area contributed by atoms with Crippen molar-refractivity contribution in [2.75, 3.05) is 0 Å². The van der Waals surface area contributed by atoms with Gasteiger partial charge in [0, 0.05) is 12.8 Å². The van der Waals surface area contributed by atoms with Crippen molar-refractivity contribution in [3.05, 3.63) is 35.4 Å². The highest BCUT2D eigenvalue weighted by Gasteiger charge is 2.23. The van der Waals surface area contributed by atoms with Gasteiger partial charge in [0.1, 0.15) is 12.2 Å². The third-order valence-corrected chi connectivity index (χ3v) is 5.28. The maximum absolute atomic E-state index is 5.60. The molecule has 26 heavy (non-hydrogen) atoms. The molecule has 142 valence electrons. The molecule has 0 N–H and O–H groups in total. The van der Waals surface area contributed by atoms with Gasteiger partial charge in [0.2, 0.25) is 0 Å². The minimum Gasteiger partial charge on any atom is -0.392 e. The zero-order valence-corrected chi connectivity index (χ0v) is 16.2. The van der Waals surface area contributed by atoms with Crippen molar-refractivity contribution < 1.29 is 9.68 Å². The Bertz CT molecular complexity index is 567. The number of nitrogens with zero attached hydrogens (tertiary/aromatic N) is 2. The lowest BCUT2D eigenvalue weighted by molar-refractivity contribution is 0.0770. The third-order valence-electron chi connectivity index (χ3n) is 5.28. The van der Waals surface area contributed by atoms with E-state index >= 15 is 0 Å². The van der Waals surface area contributed by atoms with Crippen LogP contribution in [0.4, 0.5) is 0 Å². The molecule has 0 fully saturated rings. The number of oxime groups is 2. The van der Waals surface area contributed by atoms with Crippen LogP contribution in [-0.4, -0.2) is 23.6 Å². The van der Waals surface area contributed by atoms with Crippen molar-refractivity contribution in [1.82, 2.24) is 0 Å². The smallest absolute Gasteiger partial charge is 0.133 e. The first-order valence-corrected chi connectivity index (χ1v) is 10.4. The molecule has 0 spiro atoms. The van der Waals surface area contributed by atoms with E-state index in [1.54, 1.807) is 0 Å². The van der Waals surface area contributed by atoms with Crippen LogP contribution in [-0.2, 0) is 9.68 Å². The molecule has 2 aliphatic rings. The minimum atomic E-state index is 0.257. The van der Waals surface area contributed by atoms with Crippen molar-refractivity contribution in [3.63, 3.8) is 0 Å². The fraction of sp³-hybridized carbons (Fsp3) is 0.636. The molecule has 0 saturated carbocycles. The lowest BCUT2D eigenvalue weighted by Gasteiger charge is -2.07. The molecule has 3 rings (SSSR count). The Kier molecular flexibility index (Phi) is 7.10. The Morgan fingerprint density at radius 1 is 0.731 bits per heavy atom. The van der Waals surface area contributed by atoms with Crippen LogP contribution in [0.5, 0.6) is 0 Å². The predicted molar refractivity (Wildman–Crippen MR) is 107 cm³/mol. The van der Waals surface area contributed by atoms with Crippen molar-refractivity contribution in [1.29, 1.82) is 0 Å². The van der Waals surface area contributed by atoms with E-state index < -0.39 is 0 Å². The Morgan fingerprint density at radius 2 is 1.15 bits per heavy atom. The van der Waals surface area contributed by atoms with Gasteiger partial charge in [-0.15, -0.1) is 0 Å². The van der Waals surface area contributed by atoms with E-state index in [-0.39, 0.29) is 12.2 Å². The van der Waals surface area contributed by atoms with Crippen molar-refractivity contribution in [3.8, 4) is 0 Å². The molecule has 4 heteroatoms. The van der Waals surface area contributed by atoms with Gasteiger partial charge in [0.15, 0.2) is 0 Å². The molecule has 2 aliphatic heterocycles. The summed E-state index contributed by atoms with van der Waals surface area (Å²) in [6, 6.07) is 8.55. The summed E-state index contributed by atoms with van der Waals surface area (Å²) in [5.74, 6) is 0. The summed E-state index contributed by atoms with van der Waals surface area (Å²) in [4.78, 5) is 11.2.